The molecule has 0 aliphatic heterocycles. The second-order valence-corrected chi connectivity index (χ2v) is 6.23. The van der Waals surface area contributed by atoms with Crippen LogP contribution in [0.15, 0.2) is 23.1 Å². The van der Waals surface area contributed by atoms with Crippen molar-refractivity contribution in [2.75, 3.05) is 31.3 Å². The lowest BCUT2D eigenvalue weighted by Crippen LogP contribution is -2.25. The van der Waals surface area contributed by atoms with Gasteiger partial charge < -0.3 is 10.6 Å². The predicted octanol–water partition coefficient (Wildman–Crippen LogP) is 0.773. The number of nitrogens with zero attached hydrogens (tertiary/aromatic N) is 2. The quantitative estimate of drug-likeness (QED) is 0.777. The van der Waals surface area contributed by atoms with Gasteiger partial charge in [0, 0.05) is 13.6 Å². The van der Waals surface area contributed by atoms with Crippen molar-refractivity contribution in [3.05, 3.63) is 18.2 Å². The summed E-state index contributed by atoms with van der Waals surface area (Å²) in [5.74, 6) is -0.172. The number of nitriles is 1. The third kappa shape index (κ3) is 3.59. The third-order valence-electron chi connectivity index (χ3n) is 2.76. The Morgan fingerprint density at radius 1 is 1.53 bits per heavy atom. The molecule has 104 valence electrons. The summed E-state index contributed by atoms with van der Waals surface area (Å²) in [6.07, 6.45) is 0. The van der Waals surface area contributed by atoms with E-state index < -0.39 is 10.0 Å². The number of hydrogen-bond donors (Lipinski definition) is 2. The number of hydrogen-bond acceptors (Lipinski definition) is 5. The van der Waals surface area contributed by atoms with Crippen LogP contribution in [0.2, 0.25) is 0 Å². The molecule has 1 unspecified atom stereocenters. The molecule has 0 amide bonds. The highest BCUT2D eigenvalue weighted by molar-refractivity contribution is 7.89. The Morgan fingerprint density at radius 2 is 2.16 bits per heavy atom. The molecule has 0 aliphatic carbocycles. The monoisotopic (exact) mass is 282 g/mol. The van der Waals surface area contributed by atoms with E-state index >= 15 is 0 Å². The van der Waals surface area contributed by atoms with Crippen molar-refractivity contribution in [2.45, 2.75) is 11.8 Å². The largest absolute Gasteiger partial charge is 0.397 e. The first-order valence-corrected chi connectivity index (χ1v) is 7.24. The first-order chi connectivity index (χ1) is 8.81. The fraction of sp³-hybridized carbons (Fsp3) is 0.417. The molecule has 0 saturated heterocycles. The fourth-order valence-electron chi connectivity index (χ4n) is 1.69. The molecule has 0 spiro atoms. The van der Waals surface area contributed by atoms with E-state index in [1.54, 1.807) is 24.9 Å². The third-order valence-corrected chi connectivity index (χ3v) is 4.17. The highest BCUT2D eigenvalue weighted by Gasteiger charge is 2.16. The van der Waals surface area contributed by atoms with E-state index in [-0.39, 0.29) is 10.8 Å². The van der Waals surface area contributed by atoms with Crippen molar-refractivity contribution in [3.8, 4) is 6.07 Å². The highest BCUT2D eigenvalue weighted by Crippen LogP contribution is 2.26. The summed E-state index contributed by atoms with van der Waals surface area (Å²) in [6.45, 7) is 2.27. The Bertz CT molecular complexity index is 592. The molecule has 0 fully saturated rings. The van der Waals surface area contributed by atoms with E-state index in [2.05, 4.69) is 10.8 Å². The standard InChI is InChI=1S/C12H18N4O2S/c1-9(7-13)8-16(3)12-6-10(4-5-11(12)14)19(17,18)15-2/h4-6,9,15H,8,14H2,1-3H3. The summed E-state index contributed by atoms with van der Waals surface area (Å²) in [6, 6.07) is 6.63. The molecule has 0 heterocycles. The molecule has 19 heavy (non-hydrogen) atoms. The van der Waals surface area contributed by atoms with Gasteiger partial charge in [0.2, 0.25) is 10.0 Å². The lowest BCUT2D eigenvalue weighted by Gasteiger charge is -2.22. The smallest absolute Gasteiger partial charge is 0.240 e. The Kier molecular flexibility index (Phi) is 4.75. The average molecular weight is 282 g/mol. The van der Waals surface area contributed by atoms with Gasteiger partial charge in [0.1, 0.15) is 0 Å². The lowest BCUT2D eigenvalue weighted by molar-refractivity contribution is 0.588. The topological polar surface area (TPSA) is 99.2 Å². The van der Waals surface area contributed by atoms with Gasteiger partial charge in [-0.05, 0) is 32.2 Å². The Hall–Kier alpha value is -1.78. The van der Waals surface area contributed by atoms with E-state index in [9.17, 15) is 8.42 Å². The number of nitrogen functional groups attached to an aromatic ring is 1. The summed E-state index contributed by atoms with van der Waals surface area (Å²) in [5, 5.41) is 8.81. The summed E-state index contributed by atoms with van der Waals surface area (Å²) < 4.78 is 25.7. The van der Waals surface area contributed by atoms with Crippen LogP contribution in [0.25, 0.3) is 0 Å². The Balaban J connectivity index is 3.15. The van der Waals surface area contributed by atoms with Gasteiger partial charge in [-0.1, -0.05) is 0 Å². The second kappa shape index (κ2) is 5.91. The maximum atomic E-state index is 11.7. The molecule has 0 aromatic heterocycles. The first kappa shape index (κ1) is 15.3. The number of rotatable bonds is 5. The zero-order valence-corrected chi connectivity index (χ0v) is 12.0. The molecule has 0 aliphatic rings. The van der Waals surface area contributed by atoms with Crippen LogP contribution in [0.3, 0.4) is 0 Å². The summed E-state index contributed by atoms with van der Waals surface area (Å²) >= 11 is 0. The predicted molar refractivity (Wildman–Crippen MR) is 75.1 cm³/mol. The van der Waals surface area contributed by atoms with Crippen LogP contribution in [0.1, 0.15) is 6.92 Å². The molecule has 7 heteroatoms. The first-order valence-electron chi connectivity index (χ1n) is 5.75. The minimum absolute atomic E-state index is 0.149. The van der Waals surface area contributed by atoms with Crippen LogP contribution < -0.4 is 15.4 Å². The van der Waals surface area contributed by atoms with Crippen LogP contribution in [0.5, 0.6) is 0 Å². The minimum Gasteiger partial charge on any atom is -0.397 e. The maximum absolute atomic E-state index is 11.7. The van der Waals surface area contributed by atoms with E-state index in [4.69, 9.17) is 11.0 Å². The maximum Gasteiger partial charge on any atom is 0.240 e. The number of nitrogens with one attached hydrogen (secondary N) is 1. The van der Waals surface area contributed by atoms with Crippen LogP contribution >= 0.6 is 0 Å². The average Bonchev–Trinajstić information content (AvgIpc) is 2.38. The number of benzene rings is 1. The molecule has 1 atom stereocenters. The number of sulfonamides is 1. The molecule has 0 saturated carbocycles. The summed E-state index contributed by atoms with van der Waals surface area (Å²) in [7, 11) is -0.375. The zero-order chi connectivity index (χ0) is 14.6. The van der Waals surface area contributed by atoms with Gasteiger partial charge in [-0.25, -0.2) is 13.1 Å². The molecule has 0 radical (unpaired) electrons. The van der Waals surface area contributed by atoms with Gasteiger partial charge in [-0.2, -0.15) is 5.26 Å². The van der Waals surface area contributed by atoms with Gasteiger partial charge in [0.15, 0.2) is 0 Å². The number of nitrogens with two attached hydrogens (primary N) is 1. The van der Waals surface area contributed by atoms with Crippen molar-refractivity contribution in [3.63, 3.8) is 0 Å². The zero-order valence-electron chi connectivity index (χ0n) is 11.2. The lowest BCUT2D eigenvalue weighted by atomic mass is 10.2. The normalized spacial score (nSPS) is 12.7. The van der Waals surface area contributed by atoms with Crippen LogP contribution in [0.4, 0.5) is 11.4 Å². The van der Waals surface area contributed by atoms with Gasteiger partial charge in [0.05, 0.1) is 28.3 Å². The van der Waals surface area contributed by atoms with E-state index in [1.165, 1.54) is 19.2 Å². The van der Waals surface area contributed by atoms with Crippen molar-refractivity contribution in [1.29, 1.82) is 5.26 Å². The van der Waals surface area contributed by atoms with Gasteiger partial charge >= 0.3 is 0 Å². The van der Waals surface area contributed by atoms with Crippen molar-refractivity contribution < 1.29 is 8.42 Å². The van der Waals surface area contributed by atoms with Gasteiger partial charge in [-0.15, -0.1) is 0 Å². The fourth-order valence-corrected chi connectivity index (χ4v) is 2.44. The van der Waals surface area contributed by atoms with Crippen molar-refractivity contribution in [1.82, 2.24) is 4.72 Å². The summed E-state index contributed by atoms with van der Waals surface area (Å²) in [4.78, 5) is 1.92. The van der Waals surface area contributed by atoms with Crippen LogP contribution in [0, 0.1) is 17.2 Å². The van der Waals surface area contributed by atoms with Gasteiger partial charge in [0.25, 0.3) is 0 Å². The van der Waals surface area contributed by atoms with Crippen molar-refractivity contribution >= 4 is 21.4 Å². The van der Waals surface area contributed by atoms with Crippen LogP contribution in [-0.4, -0.2) is 29.1 Å². The van der Waals surface area contributed by atoms with E-state index in [0.717, 1.165) is 0 Å². The van der Waals surface area contributed by atoms with Crippen molar-refractivity contribution in [2.24, 2.45) is 5.92 Å². The van der Waals surface area contributed by atoms with Gasteiger partial charge in [-0.3, -0.25) is 0 Å². The molecular weight excluding hydrogens is 264 g/mol. The molecule has 6 nitrogen and oxygen atoms in total. The van der Waals surface area contributed by atoms with Crippen LogP contribution in [-0.2, 0) is 10.0 Å². The molecular formula is C12H18N4O2S. The van der Waals surface area contributed by atoms with E-state index in [0.29, 0.717) is 17.9 Å². The molecule has 1 rings (SSSR count). The van der Waals surface area contributed by atoms with E-state index in [1.807, 2.05) is 0 Å². The Morgan fingerprint density at radius 3 is 2.68 bits per heavy atom. The minimum atomic E-state index is -3.50. The Labute approximate surface area is 113 Å². The molecule has 1 aromatic carbocycles. The second-order valence-electron chi connectivity index (χ2n) is 4.34. The molecule has 0 bridgehead atoms. The highest BCUT2D eigenvalue weighted by atomic mass is 32.2. The summed E-state index contributed by atoms with van der Waals surface area (Å²) in [5.41, 5.74) is 6.92. The number of anilines is 2. The molecule has 3 N–H and O–H groups in total. The SMILES string of the molecule is CNS(=O)(=O)c1ccc(N)c(N(C)CC(C)C#N)c1. The molecule has 1 aromatic rings.